The summed E-state index contributed by atoms with van der Waals surface area (Å²) in [6, 6.07) is 29.5. The van der Waals surface area contributed by atoms with E-state index < -0.39 is 16.6 Å². The number of nitrogens with two attached hydrogens (primary N) is 2. The van der Waals surface area contributed by atoms with Gasteiger partial charge in [-0.25, -0.2) is 0 Å². The smallest absolute Gasteiger partial charge is 0.251 e. The van der Waals surface area contributed by atoms with Gasteiger partial charge in [-0.05, 0) is 136 Å². The Hall–Kier alpha value is -5.40. The maximum Gasteiger partial charge on any atom is 0.251 e. The van der Waals surface area contributed by atoms with Crippen molar-refractivity contribution in [1.29, 1.82) is 0 Å². The normalized spacial score (nSPS) is 17.7. The monoisotopic (exact) mass is 859 g/mol. The topological polar surface area (TPSA) is 169 Å². The molecule has 12 nitrogen and oxygen atoms in total. The van der Waals surface area contributed by atoms with E-state index in [2.05, 4.69) is 20.4 Å². The molecule has 4 aromatic carbocycles. The molecule has 4 unspecified atom stereocenters. The second-order valence-electron chi connectivity index (χ2n) is 17.7. The third-order valence-electron chi connectivity index (χ3n) is 13.0. The van der Waals surface area contributed by atoms with Gasteiger partial charge in [0.15, 0.2) is 11.6 Å². The second kappa shape index (κ2) is 20.9. The van der Waals surface area contributed by atoms with Crippen molar-refractivity contribution in [3.63, 3.8) is 0 Å². The molecule has 0 radical (unpaired) electrons. The molecule has 4 aromatic rings. The zero-order chi connectivity index (χ0) is 45.2. The van der Waals surface area contributed by atoms with Crippen LogP contribution in [-0.2, 0) is 22.3 Å². The summed E-state index contributed by atoms with van der Waals surface area (Å²) in [6.07, 6.45) is 2.72. The van der Waals surface area contributed by atoms with Crippen LogP contribution < -0.4 is 31.9 Å². The summed E-state index contributed by atoms with van der Waals surface area (Å²) < 4.78 is 10.9. The molecule has 2 heterocycles. The molecule has 2 aliphatic rings. The van der Waals surface area contributed by atoms with E-state index in [1.165, 1.54) is 0 Å². The Morgan fingerprint density at radius 3 is 1.30 bits per heavy atom. The first-order valence-electron chi connectivity index (χ1n) is 22.5. The summed E-state index contributed by atoms with van der Waals surface area (Å²) in [6.45, 7) is 15.8. The number of ether oxygens (including phenoxy) is 2. The molecule has 2 saturated heterocycles. The minimum Gasteiger partial charge on any atom is -0.378 e. The van der Waals surface area contributed by atoms with Crippen molar-refractivity contribution < 1.29 is 28.7 Å². The van der Waals surface area contributed by atoms with Crippen molar-refractivity contribution in [3.05, 3.63) is 130 Å². The van der Waals surface area contributed by atoms with E-state index in [0.717, 1.165) is 48.7 Å². The summed E-state index contributed by atoms with van der Waals surface area (Å²) in [5, 5.41) is 6.29. The number of hydrogen-bond acceptors (Lipinski definition) is 10. The number of Topliss-reactive ketones (excluding diaryl/α,β-unsaturated/α-hetero) is 2. The Morgan fingerprint density at radius 1 is 0.571 bits per heavy atom. The number of morpholine rings is 2. The highest BCUT2D eigenvalue weighted by Crippen LogP contribution is 2.26. The average Bonchev–Trinajstić information content (AvgIpc) is 3.32. The number of ketones is 2. The number of anilines is 2. The highest BCUT2D eigenvalue weighted by Gasteiger charge is 2.35. The van der Waals surface area contributed by atoms with Crippen LogP contribution in [-0.4, -0.2) is 98.6 Å². The number of rotatable bonds is 19. The summed E-state index contributed by atoms with van der Waals surface area (Å²) in [4.78, 5) is 58.8. The predicted molar refractivity (Wildman–Crippen MR) is 250 cm³/mol. The van der Waals surface area contributed by atoms with Crippen LogP contribution in [0.4, 0.5) is 11.4 Å². The standard InChI is InChI=1S/C51H66N6O6/c1-6-49(5,55-48(61)42-15-11-38(12-16-42)35-51(53,8-3)46(59)40-19-23-44(24-20-40)57-27-31-63-32-28-57)33-36(4)54-47(60)41-13-9-37(10-14-41)34-50(52,7-2)45(58)39-17-21-43(22-18-39)56-25-29-62-30-26-56/h9-24,36H,6-8,25-35,52-53H2,1-5H3,(H,54,60)(H,55,61). The van der Waals surface area contributed by atoms with E-state index in [1.807, 2.05) is 107 Å². The predicted octanol–water partition coefficient (Wildman–Crippen LogP) is 6.53. The van der Waals surface area contributed by atoms with Gasteiger partial charge in [-0.15, -0.1) is 0 Å². The number of nitrogens with zero attached hydrogens (tertiary/aromatic N) is 2. The van der Waals surface area contributed by atoms with Crippen LogP contribution in [0.3, 0.4) is 0 Å². The quantitative estimate of drug-likeness (QED) is 0.0761. The molecule has 0 aromatic heterocycles. The lowest BCUT2D eigenvalue weighted by atomic mass is 9.82. The van der Waals surface area contributed by atoms with Gasteiger partial charge in [0.05, 0.1) is 37.5 Å². The lowest BCUT2D eigenvalue weighted by molar-refractivity contribution is 0.0870. The third-order valence-corrected chi connectivity index (χ3v) is 13.0. The lowest BCUT2D eigenvalue weighted by Crippen LogP contribution is -2.50. The molecule has 4 atom stereocenters. The second-order valence-corrected chi connectivity index (χ2v) is 17.7. The molecule has 336 valence electrons. The first kappa shape index (κ1) is 47.1. The van der Waals surface area contributed by atoms with Gasteiger partial charge in [0, 0.05) is 71.4 Å². The Morgan fingerprint density at radius 2 is 0.937 bits per heavy atom. The Labute approximate surface area is 373 Å². The number of carbonyl (C=O) groups is 4. The minimum atomic E-state index is -1.10. The first-order valence-corrected chi connectivity index (χ1v) is 22.5. The molecule has 6 rings (SSSR count). The van der Waals surface area contributed by atoms with E-state index >= 15 is 0 Å². The average molecular weight is 859 g/mol. The van der Waals surface area contributed by atoms with Crippen LogP contribution in [0.2, 0.25) is 0 Å². The maximum absolute atomic E-state index is 13.7. The summed E-state index contributed by atoms with van der Waals surface area (Å²) in [7, 11) is 0. The zero-order valence-corrected chi connectivity index (χ0v) is 37.7. The maximum atomic E-state index is 13.7. The van der Waals surface area contributed by atoms with E-state index in [1.54, 1.807) is 24.3 Å². The van der Waals surface area contributed by atoms with Gasteiger partial charge in [-0.1, -0.05) is 45.0 Å². The zero-order valence-electron chi connectivity index (χ0n) is 37.7. The van der Waals surface area contributed by atoms with Crippen LogP contribution in [0.1, 0.15) is 113 Å². The Bertz CT molecular complexity index is 2170. The summed E-state index contributed by atoms with van der Waals surface area (Å²) in [5.41, 5.74) is 16.7. The molecule has 2 amide bonds. The third kappa shape index (κ3) is 11.8. The molecule has 0 bridgehead atoms. The van der Waals surface area contributed by atoms with E-state index in [-0.39, 0.29) is 29.4 Å². The Kier molecular flexibility index (Phi) is 15.6. The van der Waals surface area contributed by atoms with E-state index in [4.69, 9.17) is 20.9 Å². The van der Waals surface area contributed by atoms with Crippen molar-refractivity contribution in [2.75, 3.05) is 62.4 Å². The molecule has 0 aliphatic carbocycles. The van der Waals surface area contributed by atoms with Gasteiger partial charge >= 0.3 is 0 Å². The highest BCUT2D eigenvalue weighted by molar-refractivity contribution is 6.04. The fourth-order valence-corrected chi connectivity index (χ4v) is 8.54. The van der Waals surface area contributed by atoms with Crippen LogP contribution in [0.25, 0.3) is 0 Å². The molecular formula is C51H66N6O6. The highest BCUT2D eigenvalue weighted by atomic mass is 16.5. The van der Waals surface area contributed by atoms with Crippen molar-refractivity contribution in [2.24, 2.45) is 11.5 Å². The van der Waals surface area contributed by atoms with Gasteiger partial charge in [-0.2, -0.15) is 0 Å². The van der Waals surface area contributed by atoms with Gasteiger partial charge < -0.3 is 41.4 Å². The van der Waals surface area contributed by atoms with Crippen LogP contribution in [0.5, 0.6) is 0 Å². The number of benzene rings is 4. The number of nitrogens with one attached hydrogen (secondary N) is 2. The van der Waals surface area contributed by atoms with Crippen LogP contribution >= 0.6 is 0 Å². The molecular weight excluding hydrogens is 793 g/mol. The van der Waals surface area contributed by atoms with Gasteiger partial charge in [0.25, 0.3) is 11.8 Å². The van der Waals surface area contributed by atoms with Gasteiger partial charge in [-0.3, -0.25) is 19.2 Å². The van der Waals surface area contributed by atoms with Crippen LogP contribution in [0.15, 0.2) is 97.1 Å². The van der Waals surface area contributed by atoms with E-state index in [0.29, 0.717) is 87.2 Å². The molecule has 63 heavy (non-hydrogen) atoms. The SMILES string of the molecule is CCC(C)(CC(C)NC(=O)c1ccc(CC(N)(CC)C(=O)c2ccc(N3CCOCC3)cc2)cc1)NC(=O)c1ccc(CC(N)(CC)C(=O)c2ccc(N3CCOCC3)cc2)cc1. The van der Waals surface area contributed by atoms with E-state index in [9.17, 15) is 19.2 Å². The number of amides is 2. The van der Waals surface area contributed by atoms with Gasteiger partial charge in [0.2, 0.25) is 0 Å². The lowest BCUT2D eigenvalue weighted by Gasteiger charge is -2.33. The minimum absolute atomic E-state index is 0.113. The van der Waals surface area contributed by atoms with Crippen molar-refractivity contribution in [1.82, 2.24) is 10.6 Å². The molecule has 0 spiro atoms. The molecule has 2 fully saturated rings. The van der Waals surface area contributed by atoms with Crippen molar-refractivity contribution in [3.8, 4) is 0 Å². The number of carbonyl (C=O) groups excluding carboxylic acids is 4. The number of hydrogen-bond donors (Lipinski definition) is 4. The molecule has 2 aliphatic heterocycles. The van der Waals surface area contributed by atoms with Crippen molar-refractivity contribution in [2.45, 2.75) is 95.8 Å². The fraction of sp³-hybridized carbons (Fsp3) is 0.451. The molecule has 0 saturated carbocycles. The van der Waals surface area contributed by atoms with Gasteiger partial charge in [0.1, 0.15) is 0 Å². The molecule has 12 heteroatoms. The Balaban J connectivity index is 0.996. The largest absolute Gasteiger partial charge is 0.378 e. The van der Waals surface area contributed by atoms with Crippen molar-refractivity contribution >= 4 is 34.8 Å². The van der Waals surface area contributed by atoms with Crippen LogP contribution in [0, 0.1) is 0 Å². The fourth-order valence-electron chi connectivity index (χ4n) is 8.54. The first-order chi connectivity index (χ1) is 30.2. The summed E-state index contributed by atoms with van der Waals surface area (Å²) >= 11 is 0. The summed E-state index contributed by atoms with van der Waals surface area (Å²) in [5.74, 6) is -0.681. The molecule has 6 N–H and O–H groups in total.